The summed E-state index contributed by atoms with van der Waals surface area (Å²) >= 11 is 0. The molecular formula is C22H30N2O2. The van der Waals surface area contributed by atoms with E-state index in [0.717, 1.165) is 40.4 Å². The van der Waals surface area contributed by atoms with Gasteiger partial charge in [-0.2, -0.15) is 0 Å². The molecule has 140 valence electrons. The fourth-order valence-corrected chi connectivity index (χ4v) is 2.44. The summed E-state index contributed by atoms with van der Waals surface area (Å²) in [5.74, 6) is 1.65. The first kappa shape index (κ1) is 20.0. The number of methoxy groups -OCH3 is 1. The predicted molar refractivity (Wildman–Crippen MR) is 109 cm³/mol. The van der Waals surface area contributed by atoms with Gasteiger partial charge in [-0.1, -0.05) is 12.1 Å². The van der Waals surface area contributed by atoms with Crippen LogP contribution < -0.4 is 4.74 Å². The monoisotopic (exact) mass is 354 g/mol. The summed E-state index contributed by atoms with van der Waals surface area (Å²) in [6.45, 7) is 11.2. The third-order valence-corrected chi connectivity index (χ3v) is 4.65. The second-order valence-electron chi connectivity index (χ2n) is 7.07. The van der Waals surface area contributed by atoms with Gasteiger partial charge in [0.05, 0.1) is 17.6 Å². The fraction of sp³-hybridized carbons (Fsp3) is 0.409. The van der Waals surface area contributed by atoms with E-state index in [2.05, 4.69) is 31.0 Å². The van der Waals surface area contributed by atoms with Gasteiger partial charge in [0.2, 0.25) is 0 Å². The summed E-state index contributed by atoms with van der Waals surface area (Å²) in [6, 6.07) is 12.1. The lowest BCUT2D eigenvalue weighted by atomic mass is 9.98. The number of rotatable bonds is 7. The second kappa shape index (κ2) is 8.37. The van der Waals surface area contributed by atoms with E-state index in [-0.39, 0.29) is 5.60 Å². The second-order valence-corrected chi connectivity index (χ2v) is 7.07. The SMILES string of the molecule is CCN(C)/C=N/c1cc(C)c(Oc2cccc(C(C)(C)OC)c2)cc1C. The number of aryl methyl sites for hydroxylation is 2. The van der Waals surface area contributed by atoms with Crippen molar-refractivity contribution < 1.29 is 9.47 Å². The normalized spacial score (nSPS) is 11.8. The lowest BCUT2D eigenvalue weighted by molar-refractivity contribution is 0.0191. The van der Waals surface area contributed by atoms with Crippen LogP contribution in [0.1, 0.15) is 37.5 Å². The molecule has 0 aliphatic rings. The Morgan fingerprint density at radius 2 is 1.85 bits per heavy atom. The first-order chi connectivity index (χ1) is 12.3. The lowest BCUT2D eigenvalue weighted by Gasteiger charge is -2.24. The molecule has 0 saturated carbocycles. The molecule has 0 saturated heterocycles. The van der Waals surface area contributed by atoms with Crippen LogP contribution in [0.2, 0.25) is 0 Å². The summed E-state index contributed by atoms with van der Waals surface area (Å²) < 4.78 is 11.7. The largest absolute Gasteiger partial charge is 0.457 e. The summed E-state index contributed by atoms with van der Waals surface area (Å²) in [4.78, 5) is 6.62. The number of benzene rings is 2. The highest BCUT2D eigenvalue weighted by molar-refractivity contribution is 5.64. The molecule has 0 unspecified atom stereocenters. The molecule has 0 aromatic heterocycles. The molecular weight excluding hydrogens is 324 g/mol. The maximum absolute atomic E-state index is 6.15. The summed E-state index contributed by atoms with van der Waals surface area (Å²) in [5, 5.41) is 0. The van der Waals surface area contributed by atoms with Crippen LogP contribution in [0.15, 0.2) is 41.4 Å². The van der Waals surface area contributed by atoms with Crippen LogP contribution in [0.4, 0.5) is 5.69 Å². The molecule has 2 rings (SSSR count). The Morgan fingerprint density at radius 1 is 1.12 bits per heavy atom. The Labute approximate surface area is 157 Å². The van der Waals surface area contributed by atoms with E-state index in [1.54, 1.807) is 7.11 Å². The van der Waals surface area contributed by atoms with Gasteiger partial charge in [-0.15, -0.1) is 0 Å². The topological polar surface area (TPSA) is 34.1 Å². The highest BCUT2D eigenvalue weighted by Crippen LogP contribution is 2.33. The predicted octanol–water partition coefficient (Wildman–Crippen LogP) is 5.59. The molecule has 0 atom stereocenters. The Hall–Kier alpha value is -2.33. The highest BCUT2D eigenvalue weighted by atomic mass is 16.5. The molecule has 0 aliphatic carbocycles. The van der Waals surface area contributed by atoms with E-state index in [1.165, 1.54) is 0 Å². The Morgan fingerprint density at radius 3 is 2.50 bits per heavy atom. The third-order valence-electron chi connectivity index (χ3n) is 4.65. The van der Waals surface area contributed by atoms with E-state index >= 15 is 0 Å². The van der Waals surface area contributed by atoms with E-state index in [9.17, 15) is 0 Å². The van der Waals surface area contributed by atoms with Gasteiger partial charge in [-0.25, -0.2) is 4.99 Å². The summed E-state index contributed by atoms with van der Waals surface area (Å²) in [6.07, 6.45) is 1.86. The van der Waals surface area contributed by atoms with E-state index < -0.39 is 0 Å². The average Bonchev–Trinajstić information content (AvgIpc) is 2.63. The van der Waals surface area contributed by atoms with E-state index in [4.69, 9.17) is 9.47 Å². The average molecular weight is 354 g/mol. The van der Waals surface area contributed by atoms with Gasteiger partial charge < -0.3 is 14.4 Å². The molecule has 0 heterocycles. The third kappa shape index (κ3) is 4.85. The number of hydrogen-bond acceptors (Lipinski definition) is 3. The molecule has 0 aliphatic heterocycles. The zero-order chi connectivity index (χ0) is 19.3. The van der Waals surface area contributed by atoms with E-state index in [1.807, 2.05) is 63.3 Å². The minimum Gasteiger partial charge on any atom is -0.457 e. The van der Waals surface area contributed by atoms with Crippen LogP contribution in [0.25, 0.3) is 0 Å². The quantitative estimate of drug-likeness (QED) is 0.480. The molecule has 26 heavy (non-hydrogen) atoms. The van der Waals surface area contributed by atoms with Gasteiger partial charge >= 0.3 is 0 Å². The van der Waals surface area contributed by atoms with Crippen LogP contribution in [0.5, 0.6) is 11.5 Å². The van der Waals surface area contributed by atoms with Crippen LogP contribution >= 0.6 is 0 Å². The van der Waals surface area contributed by atoms with Crippen molar-refractivity contribution >= 4 is 12.0 Å². The molecule has 2 aromatic carbocycles. The van der Waals surface area contributed by atoms with Crippen LogP contribution in [-0.2, 0) is 10.3 Å². The van der Waals surface area contributed by atoms with Gasteiger partial charge in [0.25, 0.3) is 0 Å². The molecule has 0 amide bonds. The van der Waals surface area contributed by atoms with Crippen LogP contribution in [0.3, 0.4) is 0 Å². The zero-order valence-corrected chi connectivity index (χ0v) is 17.0. The van der Waals surface area contributed by atoms with Gasteiger partial charge in [0.15, 0.2) is 0 Å². The van der Waals surface area contributed by atoms with Crippen molar-refractivity contribution in [2.24, 2.45) is 4.99 Å². The van der Waals surface area contributed by atoms with Crippen molar-refractivity contribution in [3.63, 3.8) is 0 Å². The van der Waals surface area contributed by atoms with Gasteiger partial charge in [-0.3, -0.25) is 0 Å². The molecule has 4 heteroatoms. The zero-order valence-electron chi connectivity index (χ0n) is 17.0. The minimum atomic E-state index is -0.353. The summed E-state index contributed by atoms with van der Waals surface area (Å²) in [5.41, 5.74) is 3.83. The standard InChI is InChI=1S/C22H30N2O2/c1-8-24(6)15-23-20-12-17(3)21(13-16(20)2)26-19-11-9-10-18(14-19)22(4,5)25-7/h9-15H,8H2,1-7H3/b23-15+. The molecule has 0 spiro atoms. The minimum absolute atomic E-state index is 0.353. The molecule has 0 bridgehead atoms. The number of hydrogen-bond donors (Lipinski definition) is 0. The number of aliphatic imine (C=N–C) groups is 1. The Balaban J connectivity index is 2.27. The maximum atomic E-state index is 6.15. The fourth-order valence-electron chi connectivity index (χ4n) is 2.44. The van der Waals surface area contributed by atoms with Gasteiger partial charge in [-0.05, 0) is 75.6 Å². The maximum Gasteiger partial charge on any atom is 0.130 e. The van der Waals surface area contributed by atoms with Gasteiger partial charge in [0, 0.05) is 20.7 Å². The molecule has 0 radical (unpaired) electrons. The van der Waals surface area contributed by atoms with Crippen LogP contribution in [0, 0.1) is 13.8 Å². The molecule has 0 fully saturated rings. The highest BCUT2D eigenvalue weighted by Gasteiger charge is 2.20. The summed E-state index contributed by atoms with van der Waals surface area (Å²) in [7, 11) is 3.73. The van der Waals surface area contributed by atoms with Crippen LogP contribution in [-0.4, -0.2) is 31.9 Å². The number of nitrogens with zero attached hydrogens (tertiary/aromatic N) is 2. The van der Waals surface area contributed by atoms with Gasteiger partial charge in [0.1, 0.15) is 11.5 Å². The van der Waals surface area contributed by atoms with Crippen molar-refractivity contribution in [3.8, 4) is 11.5 Å². The van der Waals surface area contributed by atoms with Crippen molar-refractivity contribution in [2.75, 3.05) is 20.7 Å². The van der Waals surface area contributed by atoms with Crippen molar-refractivity contribution in [3.05, 3.63) is 53.1 Å². The molecule has 4 nitrogen and oxygen atoms in total. The Bertz CT molecular complexity index is 782. The Kier molecular flexibility index (Phi) is 6.43. The molecule has 2 aromatic rings. The van der Waals surface area contributed by atoms with Crippen molar-refractivity contribution in [1.82, 2.24) is 4.90 Å². The van der Waals surface area contributed by atoms with Crippen molar-refractivity contribution in [1.29, 1.82) is 0 Å². The van der Waals surface area contributed by atoms with E-state index in [0.29, 0.717) is 0 Å². The lowest BCUT2D eigenvalue weighted by Crippen LogP contribution is -2.19. The van der Waals surface area contributed by atoms with Crippen molar-refractivity contribution in [2.45, 2.75) is 40.2 Å². The smallest absolute Gasteiger partial charge is 0.130 e. The number of ether oxygens (including phenoxy) is 2. The molecule has 0 N–H and O–H groups in total. The first-order valence-electron chi connectivity index (χ1n) is 8.96. The first-order valence-corrected chi connectivity index (χ1v) is 8.96.